The van der Waals surface area contributed by atoms with Gasteiger partial charge in [0.15, 0.2) is 11.4 Å². The zero-order valence-electron chi connectivity index (χ0n) is 24.4. The number of carbonyl (C=O) groups is 2. The summed E-state index contributed by atoms with van der Waals surface area (Å²) in [5.41, 5.74) is 9.53. The third-order valence-electron chi connectivity index (χ3n) is 8.29. The van der Waals surface area contributed by atoms with Crippen LogP contribution in [0.2, 0.25) is 0 Å². The van der Waals surface area contributed by atoms with Crippen LogP contribution < -0.4 is 16.3 Å². The van der Waals surface area contributed by atoms with E-state index in [-0.39, 0.29) is 17.6 Å². The Balaban J connectivity index is 1.02. The Hall–Kier alpha value is -4.95. The van der Waals surface area contributed by atoms with E-state index in [0.29, 0.717) is 54.4 Å². The molecule has 1 atom stereocenters. The van der Waals surface area contributed by atoms with Crippen molar-refractivity contribution in [1.29, 1.82) is 0 Å². The number of hydrogen-bond acceptors (Lipinski definition) is 10. The molecule has 2 fully saturated rings. The quantitative estimate of drug-likeness (QED) is 0.285. The molecule has 45 heavy (non-hydrogen) atoms. The standard InChI is InChI=1S/C31H31F2N9O3/c1-40-38-27(37-39-40)26(19-5-3-2-4-6-19)41-11-13-42(14-12-41)30(44)24-15-20(9-10-34-24)29-36-23-16-22(7-8-25(23)45-29)35-28(43)21-17-31(32,33)18-21/h2-10,15-16,21,26,39H,11-14,17-18H2,1H3,(H,35,43)(H,37,38). The van der Waals surface area contributed by atoms with Crippen LogP contribution in [0.4, 0.5) is 14.5 Å². The molecule has 12 nitrogen and oxygen atoms in total. The minimum absolute atomic E-state index is 0.0988. The van der Waals surface area contributed by atoms with Gasteiger partial charge >= 0.3 is 0 Å². The van der Waals surface area contributed by atoms with Gasteiger partial charge in [-0.15, -0.1) is 10.2 Å². The predicted molar refractivity (Wildman–Crippen MR) is 162 cm³/mol. The van der Waals surface area contributed by atoms with Gasteiger partial charge in [0.1, 0.15) is 11.2 Å². The Morgan fingerprint density at radius 2 is 1.82 bits per heavy atom. The molecule has 7 rings (SSSR count). The maximum Gasteiger partial charge on any atom is 0.272 e. The van der Waals surface area contributed by atoms with Crippen LogP contribution in [0.15, 0.2) is 76.4 Å². The van der Waals surface area contributed by atoms with E-state index in [1.165, 1.54) is 0 Å². The van der Waals surface area contributed by atoms with Gasteiger partial charge in [0, 0.05) is 69.4 Å². The average Bonchev–Trinajstić information content (AvgIpc) is 3.66. The molecule has 1 unspecified atom stereocenters. The van der Waals surface area contributed by atoms with E-state index < -0.39 is 30.6 Å². The molecule has 3 N–H and O–H groups in total. The number of alkyl halides is 2. The Morgan fingerprint density at radius 1 is 1.04 bits per heavy atom. The van der Waals surface area contributed by atoms with E-state index in [1.807, 2.05) is 25.2 Å². The Labute approximate surface area is 257 Å². The normalized spacial score (nSPS) is 19.4. The van der Waals surface area contributed by atoms with Crippen molar-refractivity contribution in [2.75, 3.05) is 38.5 Å². The van der Waals surface area contributed by atoms with Crippen LogP contribution in [0.5, 0.6) is 0 Å². The molecule has 14 heteroatoms. The summed E-state index contributed by atoms with van der Waals surface area (Å²) in [7, 11) is 1.85. The largest absolute Gasteiger partial charge is 0.436 e. The maximum atomic E-state index is 13.5. The molecule has 4 heterocycles. The van der Waals surface area contributed by atoms with Crippen molar-refractivity contribution in [3.05, 3.63) is 78.1 Å². The van der Waals surface area contributed by atoms with Crippen molar-refractivity contribution in [1.82, 2.24) is 35.8 Å². The first-order chi connectivity index (χ1) is 21.7. The molecule has 2 aliphatic heterocycles. The second-order valence-electron chi connectivity index (χ2n) is 11.5. The highest BCUT2D eigenvalue weighted by Gasteiger charge is 2.48. The monoisotopic (exact) mass is 615 g/mol. The van der Waals surface area contributed by atoms with Gasteiger partial charge in [-0.05, 0) is 35.9 Å². The Kier molecular flexibility index (Phi) is 7.37. The van der Waals surface area contributed by atoms with Gasteiger partial charge in [0.2, 0.25) is 17.7 Å². The molecule has 2 amide bonds. The van der Waals surface area contributed by atoms with Crippen molar-refractivity contribution < 1.29 is 22.8 Å². The Bertz CT molecular complexity index is 1760. The lowest BCUT2D eigenvalue weighted by Crippen LogP contribution is -2.52. The molecule has 1 aliphatic carbocycles. The number of carbonyl (C=O) groups excluding carboxylic acids is 2. The molecular formula is C31H31F2N9O3. The lowest BCUT2D eigenvalue weighted by atomic mass is 9.81. The number of benzene rings is 2. The van der Waals surface area contributed by atoms with Gasteiger partial charge in [-0.3, -0.25) is 24.9 Å². The highest BCUT2D eigenvalue weighted by atomic mass is 19.3. The van der Waals surface area contributed by atoms with Crippen molar-refractivity contribution in [3.8, 4) is 11.5 Å². The van der Waals surface area contributed by atoms with Gasteiger partial charge in [-0.1, -0.05) is 30.3 Å². The highest BCUT2D eigenvalue weighted by molar-refractivity contribution is 5.96. The molecule has 2 aromatic carbocycles. The Morgan fingerprint density at radius 3 is 2.53 bits per heavy atom. The topological polar surface area (TPSA) is 131 Å². The predicted octanol–water partition coefficient (Wildman–Crippen LogP) is 3.64. The van der Waals surface area contributed by atoms with Crippen LogP contribution in [-0.4, -0.2) is 81.7 Å². The van der Waals surface area contributed by atoms with E-state index in [1.54, 1.807) is 46.5 Å². The fraction of sp³-hybridized carbons (Fsp3) is 0.323. The molecule has 0 bridgehead atoms. The number of halogens is 2. The van der Waals surface area contributed by atoms with E-state index in [0.717, 1.165) is 11.4 Å². The summed E-state index contributed by atoms with van der Waals surface area (Å²) in [4.78, 5) is 38.8. The number of pyridine rings is 1. The van der Waals surface area contributed by atoms with Gasteiger partial charge in [-0.25, -0.2) is 19.3 Å². The number of nitrogens with one attached hydrogen (secondary N) is 3. The van der Waals surface area contributed by atoms with Crippen LogP contribution in [0.1, 0.15) is 34.9 Å². The smallest absolute Gasteiger partial charge is 0.272 e. The summed E-state index contributed by atoms with van der Waals surface area (Å²) in [6.45, 7) is 2.31. The first-order valence-electron chi connectivity index (χ1n) is 14.7. The second kappa shape index (κ2) is 11.5. The molecule has 0 spiro atoms. The number of hydrazine groups is 2. The third-order valence-corrected chi connectivity index (χ3v) is 8.29. The SMILES string of the molecule is CN1NN=C(C(c2ccccc2)N2CCN(C(=O)c3cc(-c4nc5cc(NC(=O)C6CC(F)(F)C6)ccc5o4)ccn3)CC2)N1. The van der Waals surface area contributed by atoms with Crippen molar-refractivity contribution >= 4 is 34.4 Å². The van der Waals surface area contributed by atoms with E-state index in [9.17, 15) is 18.4 Å². The molecule has 1 saturated heterocycles. The van der Waals surface area contributed by atoms with Crippen LogP contribution in [0, 0.1) is 5.92 Å². The number of rotatable bonds is 7. The van der Waals surface area contributed by atoms with Crippen molar-refractivity contribution in [2.24, 2.45) is 11.0 Å². The summed E-state index contributed by atoms with van der Waals surface area (Å²) >= 11 is 0. The molecule has 3 aliphatic rings. The molecule has 2 aromatic heterocycles. The zero-order chi connectivity index (χ0) is 31.1. The molecule has 0 radical (unpaired) electrons. The van der Waals surface area contributed by atoms with Crippen molar-refractivity contribution in [2.45, 2.75) is 24.8 Å². The fourth-order valence-electron chi connectivity index (χ4n) is 5.90. The molecule has 232 valence electrons. The first kappa shape index (κ1) is 28.8. The van der Waals surface area contributed by atoms with Gasteiger partial charge < -0.3 is 14.6 Å². The van der Waals surface area contributed by atoms with Crippen LogP contribution in [0.3, 0.4) is 0 Å². The number of hydrogen-bond donors (Lipinski definition) is 3. The van der Waals surface area contributed by atoms with Crippen LogP contribution in [0.25, 0.3) is 22.6 Å². The van der Waals surface area contributed by atoms with E-state index in [2.05, 4.69) is 48.4 Å². The minimum atomic E-state index is -2.77. The number of piperazine rings is 1. The van der Waals surface area contributed by atoms with Gasteiger partial charge in [0.05, 0.1) is 6.04 Å². The summed E-state index contributed by atoms with van der Waals surface area (Å²) in [6.07, 6.45) is 0.669. The number of nitrogens with zero attached hydrogens (tertiary/aromatic N) is 6. The minimum Gasteiger partial charge on any atom is -0.436 e. The number of hydrazone groups is 1. The maximum absolute atomic E-state index is 13.5. The highest BCUT2D eigenvalue weighted by Crippen LogP contribution is 2.43. The second-order valence-corrected chi connectivity index (χ2v) is 11.5. The third kappa shape index (κ3) is 5.93. The average molecular weight is 616 g/mol. The summed E-state index contributed by atoms with van der Waals surface area (Å²) in [5, 5.41) is 8.83. The number of amides is 2. The van der Waals surface area contributed by atoms with Crippen LogP contribution >= 0.6 is 0 Å². The lowest BCUT2D eigenvalue weighted by molar-refractivity contribution is -0.145. The van der Waals surface area contributed by atoms with E-state index >= 15 is 0 Å². The summed E-state index contributed by atoms with van der Waals surface area (Å²) in [5.74, 6) is -3.02. The summed E-state index contributed by atoms with van der Waals surface area (Å²) in [6, 6.07) is 18.3. The number of fused-ring (bicyclic) bond motifs is 1. The number of oxazole rings is 1. The molecule has 1 saturated carbocycles. The molecule has 4 aromatic rings. The van der Waals surface area contributed by atoms with Gasteiger partial charge in [0.25, 0.3) is 5.91 Å². The van der Waals surface area contributed by atoms with Gasteiger partial charge in [-0.2, -0.15) is 0 Å². The molecular weight excluding hydrogens is 584 g/mol. The van der Waals surface area contributed by atoms with Crippen molar-refractivity contribution in [3.63, 3.8) is 0 Å². The summed E-state index contributed by atoms with van der Waals surface area (Å²) < 4.78 is 32.3. The lowest BCUT2D eigenvalue weighted by Gasteiger charge is -2.39. The number of amidine groups is 1. The first-order valence-corrected chi connectivity index (χ1v) is 14.7. The fourth-order valence-corrected chi connectivity index (χ4v) is 5.90. The zero-order valence-corrected chi connectivity index (χ0v) is 24.4. The number of aromatic nitrogens is 2. The van der Waals surface area contributed by atoms with E-state index in [4.69, 9.17) is 4.42 Å². The van der Waals surface area contributed by atoms with Crippen LogP contribution in [-0.2, 0) is 4.79 Å². The number of anilines is 1.